The number of hydrogen-bond donors (Lipinski definition) is 1. The van der Waals surface area contributed by atoms with Gasteiger partial charge in [-0.3, -0.25) is 14.9 Å². The van der Waals surface area contributed by atoms with Gasteiger partial charge in [0.25, 0.3) is 11.6 Å². The van der Waals surface area contributed by atoms with E-state index in [1.807, 2.05) is 6.92 Å². The van der Waals surface area contributed by atoms with Crippen LogP contribution in [0, 0.1) is 17.0 Å². The minimum Gasteiger partial charge on any atom is -0.481 e. The number of amides is 1. The molecule has 0 unspecified atom stereocenters. The Hall–Kier alpha value is -2.60. The standard InChI is InChI=1S/C17H17ClN2O4/c1-3-16(24-14-8-5-12(18)6-9-14)17(21)19-15-10-13(20(22)23)7-4-11(15)2/h4-10,16H,3H2,1-2H3,(H,19,21)/t16-/m0/s1. The van der Waals surface area contributed by atoms with Crippen LogP contribution in [-0.4, -0.2) is 16.9 Å². The van der Waals surface area contributed by atoms with E-state index in [-0.39, 0.29) is 11.6 Å². The highest BCUT2D eigenvalue weighted by atomic mass is 35.5. The van der Waals surface area contributed by atoms with Crippen molar-refractivity contribution in [2.45, 2.75) is 26.4 Å². The Morgan fingerprint density at radius 1 is 1.29 bits per heavy atom. The molecule has 0 heterocycles. The number of carbonyl (C=O) groups excluding carboxylic acids is 1. The van der Waals surface area contributed by atoms with Gasteiger partial charge in [-0.25, -0.2) is 0 Å². The number of halogens is 1. The Kier molecular flexibility index (Phi) is 5.76. The number of nitro benzene ring substituents is 1. The van der Waals surface area contributed by atoms with Crippen molar-refractivity contribution < 1.29 is 14.5 Å². The molecule has 6 nitrogen and oxygen atoms in total. The summed E-state index contributed by atoms with van der Waals surface area (Å²) in [6.45, 7) is 3.58. The van der Waals surface area contributed by atoms with Crippen LogP contribution in [0.5, 0.6) is 5.75 Å². The van der Waals surface area contributed by atoms with Crippen molar-refractivity contribution in [2.75, 3.05) is 5.32 Å². The minimum absolute atomic E-state index is 0.0810. The van der Waals surface area contributed by atoms with Crippen molar-refractivity contribution in [3.05, 3.63) is 63.2 Å². The van der Waals surface area contributed by atoms with Crippen LogP contribution in [0.3, 0.4) is 0 Å². The summed E-state index contributed by atoms with van der Waals surface area (Å²) >= 11 is 5.82. The summed E-state index contributed by atoms with van der Waals surface area (Å²) in [5.74, 6) is 0.160. The Morgan fingerprint density at radius 2 is 1.96 bits per heavy atom. The predicted molar refractivity (Wildman–Crippen MR) is 92.6 cm³/mol. The van der Waals surface area contributed by atoms with Gasteiger partial charge in [0.2, 0.25) is 0 Å². The van der Waals surface area contributed by atoms with Crippen LogP contribution >= 0.6 is 11.6 Å². The third kappa shape index (κ3) is 4.45. The van der Waals surface area contributed by atoms with Crippen molar-refractivity contribution in [1.29, 1.82) is 0 Å². The first kappa shape index (κ1) is 17.7. The number of nitro groups is 1. The molecule has 2 aromatic rings. The first-order valence-corrected chi connectivity index (χ1v) is 7.76. The number of benzene rings is 2. The molecule has 0 saturated carbocycles. The van der Waals surface area contributed by atoms with Crippen molar-refractivity contribution in [3.8, 4) is 5.75 Å². The first-order chi connectivity index (χ1) is 11.4. The SMILES string of the molecule is CC[C@H](Oc1ccc(Cl)cc1)C(=O)Nc1cc([N+](=O)[O-])ccc1C. The zero-order valence-electron chi connectivity index (χ0n) is 13.3. The van der Waals surface area contributed by atoms with Crippen LogP contribution in [0.15, 0.2) is 42.5 Å². The molecule has 1 atom stereocenters. The van der Waals surface area contributed by atoms with E-state index < -0.39 is 11.0 Å². The highest BCUT2D eigenvalue weighted by molar-refractivity contribution is 6.30. The second-order valence-corrected chi connectivity index (χ2v) is 5.65. The molecule has 1 amide bonds. The molecule has 2 rings (SSSR count). The van der Waals surface area contributed by atoms with Gasteiger partial charge in [-0.05, 0) is 43.2 Å². The lowest BCUT2D eigenvalue weighted by molar-refractivity contribution is -0.384. The Labute approximate surface area is 144 Å². The van der Waals surface area contributed by atoms with Crippen molar-refractivity contribution in [1.82, 2.24) is 0 Å². The maximum Gasteiger partial charge on any atom is 0.271 e. The molecule has 0 aromatic heterocycles. The van der Waals surface area contributed by atoms with Gasteiger partial charge in [0.1, 0.15) is 5.75 Å². The lowest BCUT2D eigenvalue weighted by Gasteiger charge is -2.18. The normalized spacial score (nSPS) is 11.6. The van der Waals surface area contributed by atoms with Crippen LogP contribution in [0.1, 0.15) is 18.9 Å². The van der Waals surface area contributed by atoms with E-state index in [0.717, 1.165) is 5.56 Å². The molecule has 126 valence electrons. The summed E-state index contributed by atoms with van der Waals surface area (Å²) in [6.07, 6.45) is -0.271. The molecular weight excluding hydrogens is 332 g/mol. The van der Waals surface area contributed by atoms with Gasteiger partial charge in [-0.2, -0.15) is 0 Å². The number of non-ortho nitro benzene ring substituents is 1. The number of ether oxygens (including phenoxy) is 1. The van der Waals surface area contributed by atoms with E-state index in [1.54, 1.807) is 37.3 Å². The number of hydrogen-bond acceptors (Lipinski definition) is 4. The van der Waals surface area contributed by atoms with Gasteiger partial charge in [-0.15, -0.1) is 0 Å². The smallest absolute Gasteiger partial charge is 0.271 e. The van der Waals surface area contributed by atoms with Crippen molar-refractivity contribution in [2.24, 2.45) is 0 Å². The second-order valence-electron chi connectivity index (χ2n) is 5.21. The first-order valence-electron chi connectivity index (χ1n) is 7.39. The molecule has 1 N–H and O–H groups in total. The molecule has 0 aliphatic heterocycles. The second kappa shape index (κ2) is 7.79. The van der Waals surface area contributed by atoms with Gasteiger partial charge in [-0.1, -0.05) is 24.6 Å². The molecule has 0 spiro atoms. The molecule has 0 bridgehead atoms. The highest BCUT2D eigenvalue weighted by Crippen LogP contribution is 2.23. The Bertz CT molecular complexity index is 747. The van der Waals surface area contributed by atoms with E-state index in [9.17, 15) is 14.9 Å². The number of carbonyl (C=O) groups is 1. The molecule has 0 fully saturated rings. The third-order valence-corrected chi connectivity index (χ3v) is 3.70. The largest absolute Gasteiger partial charge is 0.481 e. The van der Waals surface area contributed by atoms with Crippen LogP contribution in [-0.2, 0) is 4.79 Å². The summed E-state index contributed by atoms with van der Waals surface area (Å²) in [7, 11) is 0. The Balaban J connectivity index is 2.13. The number of nitrogens with one attached hydrogen (secondary N) is 1. The maximum atomic E-state index is 12.4. The van der Waals surface area contributed by atoms with Crippen LogP contribution in [0.4, 0.5) is 11.4 Å². The molecule has 0 saturated heterocycles. The monoisotopic (exact) mass is 348 g/mol. The highest BCUT2D eigenvalue weighted by Gasteiger charge is 2.20. The van der Waals surface area contributed by atoms with Crippen molar-refractivity contribution >= 4 is 28.9 Å². The fourth-order valence-corrected chi connectivity index (χ4v) is 2.20. The van der Waals surface area contributed by atoms with Crippen LogP contribution < -0.4 is 10.1 Å². The molecular formula is C17H17ClN2O4. The maximum absolute atomic E-state index is 12.4. The van der Waals surface area contributed by atoms with Crippen molar-refractivity contribution in [3.63, 3.8) is 0 Å². The average Bonchev–Trinajstić information content (AvgIpc) is 2.56. The lowest BCUT2D eigenvalue weighted by Crippen LogP contribution is -2.32. The van der Waals surface area contributed by atoms with Gasteiger partial charge < -0.3 is 10.1 Å². The van der Waals surface area contributed by atoms with E-state index in [2.05, 4.69) is 5.32 Å². The van der Waals surface area contributed by atoms with Gasteiger partial charge in [0.15, 0.2) is 6.10 Å². The quantitative estimate of drug-likeness (QED) is 0.621. The number of rotatable bonds is 6. The Morgan fingerprint density at radius 3 is 2.54 bits per heavy atom. The van der Waals surface area contributed by atoms with E-state index in [4.69, 9.17) is 16.3 Å². The number of anilines is 1. The summed E-state index contributed by atoms with van der Waals surface area (Å²) in [6, 6.07) is 11.0. The van der Waals surface area contributed by atoms with E-state index in [1.165, 1.54) is 12.1 Å². The third-order valence-electron chi connectivity index (χ3n) is 3.45. The zero-order valence-corrected chi connectivity index (χ0v) is 14.0. The molecule has 0 radical (unpaired) electrons. The summed E-state index contributed by atoms with van der Waals surface area (Å²) < 4.78 is 5.67. The van der Waals surface area contributed by atoms with Gasteiger partial charge >= 0.3 is 0 Å². The molecule has 0 aliphatic carbocycles. The van der Waals surface area contributed by atoms with Gasteiger partial charge in [0.05, 0.1) is 10.6 Å². The van der Waals surface area contributed by atoms with Crippen LogP contribution in [0.25, 0.3) is 0 Å². The van der Waals surface area contributed by atoms with E-state index >= 15 is 0 Å². The summed E-state index contributed by atoms with van der Waals surface area (Å²) in [5.41, 5.74) is 1.05. The van der Waals surface area contributed by atoms with Gasteiger partial charge in [0, 0.05) is 17.2 Å². The van der Waals surface area contributed by atoms with Crippen LogP contribution in [0.2, 0.25) is 5.02 Å². The molecule has 24 heavy (non-hydrogen) atoms. The number of nitrogens with zero attached hydrogens (tertiary/aromatic N) is 1. The summed E-state index contributed by atoms with van der Waals surface area (Å²) in [5, 5.41) is 14.1. The fourth-order valence-electron chi connectivity index (χ4n) is 2.07. The molecule has 7 heteroatoms. The fraction of sp³-hybridized carbons (Fsp3) is 0.235. The topological polar surface area (TPSA) is 81.5 Å². The zero-order chi connectivity index (χ0) is 17.7. The summed E-state index contributed by atoms with van der Waals surface area (Å²) in [4.78, 5) is 22.8. The average molecular weight is 349 g/mol. The molecule has 2 aromatic carbocycles. The predicted octanol–water partition coefficient (Wildman–Crippen LogP) is 4.35. The number of aryl methyl sites for hydroxylation is 1. The lowest BCUT2D eigenvalue weighted by atomic mass is 10.1. The van der Waals surface area contributed by atoms with E-state index in [0.29, 0.717) is 22.9 Å². The minimum atomic E-state index is -0.718. The molecule has 0 aliphatic rings.